The highest BCUT2D eigenvalue weighted by atomic mass is 35.5. The van der Waals surface area contributed by atoms with Gasteiger partial charge >= 0.3 is 5.97 Å². The van der Waals surface area contributed by atoms with Crippen LogP contribution < -0.4 is 5.32 Å². The van der Waals surface area contributed by atoms with E-state index >= 15 is 0 Å². The average molecular weight is 320 g/mol. The first kappa shape index (κ1) is 20.2. The second-order valence-corrected chi connectivity index (χ2v) is 6.52. The van der Waals surface area contributed by atoms with Crippen molar-refractivity contribution >= 4 is 23.5 Å². The van der Waals surface area contributed by atoms with Crippen LogP contribution in [0.4, 0.5) is 0 Å². The van der Waals surface area contributed by atoms with E-state index in [1.54, 1.807) is 0 Å². The molecule has 0 bridgehead atoms. The topological polar surface area (TPSA) is 55.4 Å². The number of carbonyl (C=O) groups is 2. The van der Waals surface area contributed by atoms with Crippen LogP contribution >= 0.6 is 11.6 Å². The van der Waals surface area contributed by atoms with Crippen molar-refractivity contribution in [1.82, 2.24) is 5.32 Å². The summed E-state index contributed by atoms with van der Waals surface area (Å²) in [7, 11) is 0. The van der Waals surface area contributed by atoms with Crippen LogP contribution in [0.15, 0.2) is 0 Å². The third kappa shape index (κ3) is 10.6. The van der Waals surface area contributed by atoms with Gasteiger partial charge in [0, 0.05) is 12.3 Å². The summed E-state index contributed by atoms with van der Waals surface area (Å²) < 4.78 is 5.27. The summed E-state index contributed by atoms with van der Waals surface area (Å²) >= 11 is 5.58. The number of unbranched alkanes of at least 4 members (excludes halogenated alkanes) is 1. The lowest BCUT2D eigenvalue weighted by atomic mass is 10.0. The van der Waals surface area contributed by atoms with Gasteiger partial charge in [-0.25, -0.2) is 4.79 Å². The Labute approximate surface area is 134 Å². The van der Waals surface area contributed by atoms with Crippen molar-refractivity contribution in [3.8, 4) is 0 Å². The van der Waals surface area contributed by atoms with Crippen LogP contribution in [0.25, 0.3) is 0 Å². The summed E-state index contributed by atoms with van der Waals surface area (Å²) in [6, 6.07) is -0.562. The molecule has 0 fully saturated rings. The molecule has 1 amide bonds. The molecule has 124 valence electrons. The maximum Gasteiger partial charge on any atom is 0.328 e. The van der Waals surface area contributed by atoms with E-state index in [-0.39, 0.29) is 17.8 Å². The van der Waals surface area contributed by atoms with Gasteiger partial charge in [-0.05, 0) is 37.5 Å². The van der Waals surface area contributed by atoms with Gasteiger partial charge in [0.15, 0.2) is 0 Å². The van der Waals surface area contributed by atoms with E-state index in [2.05, 4.69) is 19.2 Å². The van der Waals surface area contributed by atoms with E-state index in [4.69, 9.17) is 16.3 Å². The molecule has 0 spiro atoms. The molecule has 0 saturated carbocycles. The number of hydrogen-bond donors (Lipinski definition) is 1. The lowest BCUT2D eigenvalue weighted by Crippen LogP contribution is -2.45. The molecule has 1 atom stereocenters. The molecule has 1 N–H and O–H groups in total. The predicted octanol–water partition coefficient (Wildman–Crippen LogP) is 3.52. The molecule has 0 aliphatic rings. The number of halogens is 1. The normalized spacial score (nSPS) is 12.5. The van der Waals surface area contributed by atoms with Crippen molar-refractivity contribution in [2.45, 2.75) is 65.8 Å². The van der Waals surface area contributed by atoms with E-state index < -0.39 is 6.04 Å². The zero-order valence-electron chi connectivity index (χ0n) is 13.8. The van der Waals surface area contributed by atoms with Gasteiger partial charge in [0.05, 0.1) is 6.61 Å². The van der Waals surface area contributed by atoms with E-state index in [9.17, 15) is 9.59 Å². The van der Waals surface area contributed by atoms with Crippen LogP contribution in [-0.4, -0.2) is 30.4 Å². The minimum absolute atomic E-state index is 0.0135. The minimum Gasteiger partial charge on any atom is -0.464 e. The van der Waals surface area contributed by atoms with Crippen LogP contribution in [0, 0.1) is 11.8 Å². The molecule has 5 heteroatoms. The standard InChI is InChI=1S/C16H30ClNO3/c1-12(2)8-7-11-21-16(20)15(13(3)4)18-14(19)9-5-6-10-17/h12-13,15H,5-11H2,1-4H3,(H,18,19). The number of carbonyl (C=O) groups excluding carboxylic acids is 2. The molecule has 4 nitrogen and oxygen atoms in total. The van der Waals surface area contributed by atoms with E-state index in [1.807, 2.05) is 13.8 Å². The van der Waals surface area contributed by atoms with Crippen LogP contribution in [-0.2, 0) is 14.3 Å². The molecule has 0 aliphatic carbocycles. The molecule has 21 heavy (non-hydrogen) atoms. The first-order chi connectivity index (χ1) is 9.88. The number of alkyl halides is 1. The Kier molecular flexibility index (Phi) is 11.4. The highest BCUT2D eigenvalue weighted by Gasteiger charge is 2.25. The fourth-order valence-electron chi connectivity index (χ4n) is 1.88. The Morgan fingerprint density at radius 3 is 2.29 bits per heavy atom. The zero-order valence-corrected chi connectivity index (χ0v) is 14.5. The quantitative estimate of drug-likeness (QED) is 0.360. The van der Waals surface area contributed by atoms with E-state index in [0.717, 1.165) is 25.7 Å². The van der Waals surface area contributed by atoms with E-state index in [1.165, 1.54) is 0 Å². The van der Waals surface area contributed by atoms with Crippen molar-refractivity contribution < 1.29 is 14.3 Å². The smallest absolute Gasteiger partial charge is 0.328 e. The Balaban J connectivity index is 4.15. The van der Waals surface area contributed by atoms with Gasteiger partial charge in [-0.1, -0.05) is 27.7 Å². The SMILES string of the molecule is CC(C)CCCOC(=O)C(NC(=O)CCCCCl)C(C)C. The monoisotopic (exact) mass is 319 g/mol. The first-order valence-electron chi connectivity index (χ1n) is 7.90. The summed E-state index contributed by atoms with van der Waals surface area (Å²) in [6.07, 6.45) is 3.84. The molecule has 0 rings (SSSR count). The van der Waals surface area contributed by atoms with Crippen LogP contribution in [0.3, 0.4) is 0 Å². The number of rotatable bonds is 11. The maximum absolute atomic E-state index is 12.0. The number of nitrogens with one attached hydrogen (secondary N) is 1. The predicted molar refractivity (Wildman–Crippen MR) is 86.4 cm³/mol. The van der Waals surface area contributed by atoms with Crippen molar-refractivity contribution in [1.29, 1.82) is 0 Å². The van der Waals surface area contributed by atoms with Gasteiger partial charge in [0.1, 0.15) is 6.04 Å². The minimum atomic E-state index is -0.562. The van der Waals surface area contributed by atoms with Crippen molar-refractivity contribution in [3.63, 3.8) is 0 Å². The second kappa shape index (κ2) is 11.8. The molecular weight excluding hydrogens is 290 g/mol. The fraction of sp³-hybridized carbons (Fsp3) is 0.875. The van der Waals surface area contributed by atoms with Gasteiger partial charge in [-0.3, -0.25) is 4.79 Å². The van der Waals surface area contributed by atoms with Crippen LogP contribution in [0.1, 0.15) is 59.8 Å². The number of amides is 1. The molecule has 0 aliphatic heterocycles. The Bertz CT molecular complexity index is 306. The largest absolute Gasteiger partial charge is 0.464 e. The molecule has 0 aromatic carbocycles. The van der Waals surface area contributed by atoms with Gasteiger partial charge in [0.25, 0.3) is 0 Å². The third-order valence-corrected chi connectivity index (χ3v) is 3.46. The van der Waals surface area contributed by atoms with Crippen LogP contribution in [0.2, 0.25) is 0 Å². The summed E-state index contributed by atoms with van der Waals surface area (Å²) in [5, 5.41) is 2.77. The number of ether oxygens (including phenoxy) is 1. The lowest BCUT2D eigenvalue weighted by Gasteiger charge is -2.21. The fourth-order valence-corrected chi connectivity index (χ4v) is 2.07. The zero-order chi connectivity index (χ0) is 16.3. The summed E-state index contributed by atoms with van der Waals surface area (Å²) in [5.41, 5.74) is 0. The van der Waals surface area contributed by atoms with Gasteiger partial charge < -0.3 is 10.1 Å². The lowest BCUT2D eigenvalue weighted by molar-refractivity contribution is -0.149. The molecule has 0 heterocycles. The van der Waals surface area contributed by atoms with Crippen LogP contribution in [0.5, 0.6) is 0 Å². The Morgan fingerprint density at radius 1 is 1.10 bits per heavy atom. The Hall–Kier alpha value is -0.770. The molecule has 0 saturated heterocycles. The molecule has 0 aromatic rings. The van der Waals surface area contributed by atoms with Gasteiger partial charge in [-0.2, -0.15) is 0 Å². The van der Waals surface area contributed by atoms with E-state index in [0.29, 0.717) is 24.8 Å². The summed E-state index contributed by atoms with van der Waals surface area (Å²) in [6.45, 7) is 8.50. The first-order valence-corrected chi connectivity index (χ1v) is 8.43. The molecule has 0 aromatic heterocycles. The van der Waals surface area contributed by atoms with Gasteiger partial charge in [-0.15, -0.1) is 11.6 Å². The Morgan fingerprint density at radius 2 is 1.76 bits per heavy atom. The second-order valence-electron chi connectivity index (χ2n) is 6.14. The van der Waals surface area contributed by atoms with Crippen molar-refractivity contribution in [2.75, 3.05) is 12.5 Å². The summed E-state index contributed by atoms with van der Waals surface area (Å²) in [5.74, 6) is 0.724. The number of esters is 1. The maximum atomic E-state index is 12.0. The highest BCUT2D eigenvalue weighted by molar-refractivity contribution is 6.17. The van der Waals surface area contributed by atoms with Gasteiger partial charge in [0.2, 0.25) is 5.91 Å². The summed E-state index contributed by atoms with van der Waals surface area (Å²) in [4.78, 5) is 23.8. The third-order valence-electron chi connectivity index (χ3n) is 3.19. The average Bonchev–Trinajstić information content (AvgIpc) is 2.40. The molecule has 0 radical (unpaired) electrons. The molecule has 1 unspecified atom stereocenters. The van der Waals surface area contributed by atoms with Crippen molar-refractivity contribution in [3.05, 3.63) is 0 Å². The molecular formula is C16H30ClNO3. The highest BCUT2D eigenvalue weighted by Crippen LogP contribution is 2.08. The van der Waals surface area contributed by atoms with Crippen molar-refractivity contribution in [2.24, 2.45) is 11.8 Å². The number of hydrogen-bond acceptors (Lipinski definition) is 3.